The summed E-state index contributed by atoms with van der Waals surface area (Å²) in [7, 11) is 1.46. The molecule has 0 unspecified atom stereocenters. The van der Waals surface area contributed by atoms with Crippen LogP contribution in [0.25, 0.3) is 5.70 Å². The van der Waals surface area contributed by atoms with Crippen LogP contribution in [0.15, 0.2) is 46.7 Å². The first-order valence-corrected chi connectivity index (χ1v) is 11.6. The Kier molecular flexibility index (Phi) is 6.06. The Hall–Kier alpha value is -2.41. The lowest BCUT2D eigenvalue weighted by atomic mass is 9.63. The Labute approximate surface area is 194 Å². The van der Waals surface area contributed by atoms with Crippen molar-refractivity contribution in [3.63, 3.8) is 0 Å². The van der Waals surface area contributed by atoms with Crippen molar-refractivity contribution >= 4 is 11.6 Å². The third-order valence-corrected chi connectivity index (χ3v) is 8.32. The van der Waals surface area contributed by atoms with Gasteiger partial charge in [0.25, 0.3) is 0 Å². The first kappa shape index (κ1) is 23.7. The third kappa shape index (κ3) is 3.84. The van der Waals surface area contributed by atoms with Crippen molar-refractivity contribution in [1.29, 1.82) is 0 Å². The summed E-state index contributed by atoms with van der Waals surface area (Å²) in [6, 6.07) is 3.71. The van der Waals surface area contributed by atoms with Crippen molar-refractivity contribution in [2.75, 3.05) is 26.7 Å². The number of azo groups is 1. The van der Waals surface area contributed by atoms with Crippen LogP contribution in [0.5, 0.6) is 0 Å². The highest BCUT2D eigenvalue weighted by molar-refractivity contribution is 5.85. The lowest BCUT2D eigenvalue weighted by Crippen LogP contribution is -2.66. The molecule has 1 aliphatic carbocycles. The summed E-state index contributed by atoms with van der Waals surface area (Å²) in [5.74, 6) is -1.29. The minimum Gasteiger partial charge on any atom is -0.371 e. The molecule has 0 N–H and O–H groups in total. The number of ether oxygens (including phenoxy) is 1. The van der Waals surface area contributed by atoms with E-state index in [0.717, 1.165) is 32.3 Å². The smallest absolute Gasteiger partial charge is 0.229 e. The Morgan fingerprint density at radius 3 is 2.45 bits per heavy atom. The number of carbonyl (C=O) groups is 1. The highest BCUT2D eigenvalue weighted by Crippen LogP contribution is 2.59. The van der Waals surface area contributed by atoms with Gasteiger partial charge in [-0.15, -0.1) is 0 Å². The van der Waals surface area contributed by atoms with Crippen LogP contribution in [0.2, 0.25) is 0 Å². The first-order valence-electron chi connectivity index (χ1n) is 11.6. The standard InChI is InChI=1S/C26H33F2N3O2/c1-17(14-21(30-29-5)22-19(27)8-6-9-20(22)28)18-10-12-25(4,24(18,2)3)23(32)31-15-26(16-31)11-7-13-33-26/h6,8-9,14,18H,1,7,10-13,15-16H2,2-5H3/b21-14-,30-29?/t18-,25-/m1/s1. The van der Waals surface area contributed by atoms with E-state index >= 15 is 0 Å². The molecule has 1 saturated carbocycles. The fourth-order valence-electron chi connectivity index (χ4n) is 5.96. The van der Waals surface area contributed by atoms with E-state index in [9.17, 15) is 13.6 Å². The number of hydrogen-bond donors (Lipinski definition) is 0. The van der Waals surface area contributed by atoms with E-state index in [0.29, 0.717) is 18.7 Å². The van der Waals surface area contributed by atoms with Gasteiger partial charge in [0.1, 0.15) is 17.2 Å². The maximum Gasteiger partial charge on any atom is 0.229 e. The minimum atomic E-state index is -0.701. The molecule has 7 heteroatoms. The number of allylic oxidation sites excluding steroid dienone is 2. The maximum atomic E-state index is 14.4. The van der Waals surface area contributed by atoms with Crippen LogP contribution >= 0.6 is 0 Å². The number of amides is 1. The number of nitrogens with zero attached hydrogens (tertiary/aromatic N) is 3. The molecule has 1 aromatic carbocycles. The molecule has 5 nitrogen and oxygen atoms in total. The zero-order chi connectivity index (χ0) is 24.0. The Morgan fingerprint density at radius 1 is 1.21 bits per heavy atom. The van der Waals surface area contributed by atoms with E-state index in [4.69, 9.17) is 4.74 Å². The molecule has 3 fully saturated rings. The van der Waals surface area contributed by atoms with Gasteiger partial charge in [-0.3, -0.25) is 4.79 Å². The van der Waals surface area contributed by atoms with Crippen LogP contribution in [-0.4, -0.2) is 43.2 Å². The SMILES string of the molecule is C=C(/C=C(\N=NC)c1c(F)cccc1F)[C@H]1CC[C@](C)(C(=O)N2CC3(CCCO3)C2)C1(C)C. The Balaban J connectivity index is 1.57. The summed E-state index contributed by atoms with van der Waals surface area (Å²) in [6.07, 6.45) is 5.17. The fraction of sp³-hybridized carbons (Fsp3) is 0.577. The van der Waals surface area contributed by atoms with E-state index in [1.165, 1.54) is 25.2 Å². The highest BCUT2D eigenvalue weighted by atomic mass is 19.1. The highest BCUT2D eigenvalue weighted by Gasteiger charge is 2.60. The van der Waals surface area contributed by atoms with Crippen LogP contribution < -0.4 is 0 Å². The summed E-state index contributed by atoms with van der Waals surface area (Å²) < 4.78 is 34.7. The molecule has 2 heterocycles. The summed E-state index contributed by atoms with van der Waals surface area (Å²) >= 11 is 0. The van der Waals surface area contributed by atoms with Gasteiger partial charge in [0, 0.05) is 13.7 Å². The molecule has 2 atom stereocenters. The monoisotopic (exact) mass is 457 g/mol. The second-order valence-corrected chi connectivity index (χ2v) is 10.4. The van der Waals surface area contributed by atoms with E-state index in [-0.39, 0.29) is 28.7 Å². The predicted octanol–water partition coefficient (Wildman–Crippen LogP) is 5.78. The summed E-state index contributed by atoms with van der Waals surface area (Å²) in [5.41, 5.74) is -0.535. The molecule has 2 aliphatic heterocycles. The summed E-state index contributed by atoms with van der Waals surface area (Å²) in [4.78, 5) is 15.5. The molecule has 1 spiro atoms. The van der Waals surface area contributed by atoms with Gasteiger partial charge in [0.15, 0.2) is 0 Å². The minimum absolute atomic E-state index is 0.0405. The molecule has 0 radical (unpaired) electrons. The van der Waals surface area contributed by atoms with Gasteiger partial charge >= 0.3 is 0 Å². The van der Waals surface area contributed by atoms with Crippen LogP contribution in [0.3, 0.4) is 0 Å². The number of halogens is 2. The average Bonchev–Trinajstić information content (AvgIpc) is 3.30. The topological polar surface area (TPSA) is 54.3 Å². The van der Waals surface area contributed by atoms with Gasteiger partial charge in [0.2, 0.25) is 5.91 Å². The maximum absolute atomic E-state index is 14.4. The fourth-order valence-corrected chi connectivity index (χ4v) is 5.96. The van der Waals surface area contributed by atoms with Crippen molar-refractivity contribution in [3.8, 4) is 0 Å². The molecule has 178 valence electrons. The van der Waals surface area contributed by atoms with Crippen molar-refractivity contribution < 1.29 is 18.3 Å². The van der Waals surface area contributed by atoms with Crippen LogP contribution in [0, 0.1) is 28.4 Å². The first-order chi connectivity index (χ1) is 15.5. The molecule has 1 aromatic rings. The zero-order valence-electron chi connectivity index (χ0n) is 20.0. The second-order valence-electron chi connectivity index (χ2n) is 10.4. The second kappa shape index (κ2) is 8.42. The van der Waals surface area contributed by atoms with Gasteiger partial charge in [-0.2, -0.15) is 10.2 Å². The van der Waals surface area contributed by atoms with Gasteiger partial charge in [-0.05, 0) is 60.8 Å². The number of likely N-dealkylation sites (tertiary alicyclic amines) is 1. The number of carbonyl (C=O) groups excluding carboxylic acids is 1. The van der Waals surface area contributed by atoms with Crippen LogP contribution in [0.1, 0.15) is 52.0 Å². The number of rotatable bonds is 5. The van der Waals surface area contributed by atoms with Gasteiger partial charge in [-0.25, -0.2) is 8.78 Å². The average molecular weight is 458 g/mol. The predicted molar refractivity (Wildman–Crippen MR) is 123 cm³/mol. The van der Waals surface area contributed by atoms with Crippen molar-refractivity contribution in [1.82, 2.24) is 4.90 Å². The van der Waals surface area contributed by atoms with Crippen LogP contribution in [0.4, 0.5) is 8.78 Å². The molecule has 1 amide bonds. The van der Waals surface area contributed by atoms with E-state index in [2.05, 4.69) is 30.7 Å². The molecule has 2 saturated heterocycles. The molecule has 3 aliphatic rings. The largest absolute Gasteiger partial charge is 0.371 e. The van der Waals surface area contributed by atoms with E-state index < -0.39 is 22.5 Å². The van der Waals surface area contributed by atoms with Gasteiger partial charge in [0.05, 0.1) is 29.8 Å². The Bertz CT molecular complexity index is 998. The number of hydrogen-bond acceptors (Lipinski definition) is 4. The summed E-state index contributed by atoms with van der Waals surface area (Å²) in [5, 5.41) is 7.75. The molecule has 0 aromatic heterocycles. The van der Waals surface area contributed by atoms with Crippen LogP contribution in [-0.2, 0) is 9.53 Å². The van der Waals surface area contributed by atoms with Crippen molar-refractivity contribution in [2.24, 2.45) is 27.0 Å². The normalized spacial score (nSPS) is 28.5. The lowest BCUT2D eigenvalue weighted by molar-refractivity contribution is -0.172. The zero-order valence-corrected chi connectivity index (χ0v) is 20.0. The van der Waals surface area contributed by atoms with Crippen molar-refractivity contribution in [3.05, 3.63) is 53.6 Å². The quantitative estimate of drug-likeness (QED) is 0.416. The Morgan fingerprint density at radius 2 is 1.88 bits per heavy atom. The molecule has 4 rings (SSSR count). The third-order valence-electron chi connectivity index (χ3n) is 8.32. The molecular formula is C26H33F2N3O2. The molecule has 33 heavy (non-hydrogen) atoms. The van der Waals surface area contributed by atoms with E-state index in [1.54, 1.807) is 6.08 Å². The number of benzene rings is 1. The summed E-state index contributed by atoms with van der Waals surface area (Å²) in [6.45, 7) is 12.6. The van der Waals surface area contributed by atoms with Crippen molar-refractivity contribution in [2.45, 2.75) is 52.1 Å². The molecule has 0 bridgehead atoms. The lowest BCUT2D eigenvalue weighted by Gasteiger charge is -2.52. The molecular weight excluding hydrogens is 424 g/mol. The van der Waals surface area contributed by atoms with Gasteiger partial charge < -0.3 is 9.64 Å². The van der Waals surface area contributed by atoms with Gasteiger partial charge in [-0.1, -0.05) is 33.4 Å². The van der Waals surface area contributed by atoms with E-state index in [1.807, 2.05) is 11.8 Å².